The minimum atomic E-state index is -0.872. The topological polar surface area (TPSA) is 36.4 Å². The second-order valence-electron chi connectivity index (χ2n) is 6.78. The van der Waals surface area contributed by atoms with Gasteiger partial charge in [-0.1, -0.05) is 23.5 Å². The number of benzene rings is 2. The molecule has 0 fully saturated rings. The van der Waals surface area contributed by atoms with Crippen LogP contribution in [0.25, 0.3) is 10.2 Å². The first-order valence-electron chi connectivity index (χ1n) is 8.56. The molecule has 0 atom stereocenters. The van der Waals surface area contributed by atoms with Crippen LogP contribution in [-0.2, 0) is 0 Å². The van der Waals surface area contributed by atoms with Crippen LogP contribution in [0.4, 0.5) is 13.9 Å². The SMILES string of the molecule is Cc1cc(C)c2sc(N(CCN(C)C)C(=O)c3c(F)cccc3F)nc2c1.[Cl-]. The van der Waals surface area contributed by atoms with Crippen molar-refractivity contribution in [1.82, 2.24) is 9.88 Å². The summed E-state index contributed by atoms with van der Waals surface area (Å²) >= 11 is 1.36. The van der Waals surface area contributed by atoms with Gasteiger partial charge in [-0.3, -0.25) is 9.69 Å². The molecule has 2 aromatic carbocycles. The first-order chi connectivity index (χ1) is 12.8. The van der Waals surface area contributed by atoms with Gasteiger partial charge in [0.1, 0.15) is 17.2 Å². The summed E-state index contributed by atoms with van der Waals surface area (Å²) < 4.78 is 29.3. The van der Waals surface area contributed by atoms with Gasteiger partial charge in [0.25, 0.3) is 5.91 Å². The lowest BCUT2D eigenvalue weighted by atomic mass is 10.1. The van der Waals surface area contributed by atoms with Crippen LogP contribution in [0.1, 0.15) is 21.5 Å². The molecule has 1 amide bonds. The van der Waals surface area contributed by atoms with E-state index >= 15 is 0 Å². The highest BCUT2D eigenvalue weighted by Gasteiger charge is 2.26. The van der Waals surface area contributed by atoms with Gasteiger partial charge in [0.2, 0.25) is 0 Å². The molecule has 0 N–H and O–H groups in total. The van der Waals surface area contributed by atoms with Crippen molar-refractivity contribution in [2.45, 2.75) is 13.8 Å². The Balaban J connectivity index is 0.00000280. The van der Waals surface area contributed by atoms with E-state index in [4.69, 9.17) is 0 Å². The number of thiazole rings is 1. The Morgan fingerprint density at radius 2 is 1.75 bits per heavy atom. The maximum Gasteiger partial charge on any atom is 0.266 e. The van der Waals surface area contributed by atoms with Gasteiger partial charge in [-0.25, -0.2) is 13.8 Å². The first-order valence-corrected chi connectivity index (χ1v) is 9.38. The van der Waals surface area contributed by atoms with Gasteiger partial charge in [-0.2, -0.15) is 0 Å². The molecule has 1 heterocycles. The zero-order valence-electron chi connectivity index (χ0n) is 16.1. The van der Waals surface area contributed by atoms with Crippen molar-refractivity contribution in [1.29, 1.82) is 0 Å². The van der Waals surface area contributed by atoms with Gasteiger partial charge in [-0.15, -0.1) is 0 Å². The van der Waals surface area contributed by atoms with E-state index in [2.05, 4.69) is 4.98 Å². The molecule has 0 unspecified atom stereocenters. The molecule has 150 valence electrons. The van der Waals surface area contributed by atoms with Crippen molar-refractivity contribution in [3.8, 4) is 0 Å². The summed E-state index contributed by atoms with van der Waals surface area (Å²) in [4.78, 5) is 20.9. The van der Waals surface area contributed by atoms with Gasteiger partial charge >= 0.3 is 0 Å². The van der Waals surface area contributed by atoms with Crippen LogP contribution in [0.2, 0.25) is 0 Å². The minimum absolute atomic E-state index is 0. The van der Waals surface area contributed by atoms with Crippen molar-refractivity contribution < 1.29 is 26.0 Å². The summed E-state index contributed by atoms with van der Waals surface area (Å²) in [6.45, 7) is 4.78. The van der Waals surface area contributed by atoms with Crippen molar-refractivity contribution in [2.75, 3.05) is 32.1 Å². The number of aryl methyl sites for hydroxylation is 2. The molecular formula is C20H21ClF2N3OS-. The minimum Gasteiger partial charge on any atom is -1.00 e. The van der Waals surface area contributed by atoms with E-state index in [9.17, 15) is 13.6 Å². The predicted molar refractivity (Wildman–Crippen MR) is 106 cm³/mol. The van der Waals surface area contributed by atoms with E-state index in [0.717, 1.165) is 33.5 Å². The van der Waals surface area contributed by atoms with Crippen molar-refractivity contribution in [3.63, 3.8) is 0 Å². The second-order valence-corrected chi connectivity index (χ2v) is 7.76. The molecule has 0 aliphatic carbocycles. The number of rotatable bonds is 5. The molecule has 0 radical (unpaired) electrons. The summed E-state index contributed by atoms with van der Waals surface area (Å²) in [6, 6.07) is 7.42. The number of hydrogen-bond acceptors (Lipinski definition) is 4. The molecule has 0 saturated carbocycles. The molecule has 0 saturated heterocycles. The van der Waals surface area contributed by atoms with Gasteiger partial charge in [0.15, 0.2) is 5.13 Å². The monoisotopic (exact) mass is 424 g/mol. The number of carbonyl (C=O) groups is 1. The lowest BCUT2D eigenvalue weighted by molar-refractivity contribution is -0.0000152. The van der Waals surface area contributed by atoms with Crippen LogP contribution in [0.5, 0.6) is 0 Å². The van der Waals surface area contributed by atoms with E-state index in [1.807, 2.05) is 45.0 Å². The zero-order valence-corrected chi connectivity index (χ0v) is 17.7. The third-order valence-corrected chi connectivity index (χ3v) is 5.46. The standard InChI is InChI=1S/C20H21F2N3OS.ClH/c1-12-10-13(2)18-16(11-12)23-20(27-18)25(9-8-24(3)4)19(26)17-14(21)6-5-7-15(17)22;/h5-7,10-11H,8-9H2,1-4H3;1H/p-1. The van der Waals surface area contributed by atoms with Crippen LogP contribution in [-0.4, -0.2) is 43.0 Å². The molecule has 0 aliphatic heterocycles. The predicted octanol–water partition coefficient (Wildman–Crippen LogP) is 1.40. The number of halogens is 3. The summed E-state index contributed by atoms with van der Waals surface area (Å²) in [5.74, 6) is -2.47. The maximum absolute atomic E-state index is 14.2. The van der Waals surface area contributed by atoms with E-state index in [0.29, 0.717) is 11.7 Å². The highest BCUT2D eigenvalue weighted by atomic mass is 35.5. The van der Waals surface area contributed by atoms with E-state index in [-0.39, 0.29) is 19.0 Å². The second kappa shape index (κ2) is 8.94. The first kappa shape index (κ1) is 22.2. The number of amides is 1. The van der Waals surface area contributed by atoms with Gasteiger partial charge in [-0.05, 0) is 57.3 Å². The quantitative estimate of drug-likeness (QED) is 0.621. The third kappa shape index (κ3) is 4.48. The fourth-order valence-electron chi connectivity index (χ4n) is 2.90. The number of nitrogens with zero attached hydrogens (tertiary/aromatic N) is 3. The number of anilines is 1. The van der Waals surface area contributed by atoms with E-state index in [1.54, 1.807) is 0 Å². The van der Waals surface area contributed by atoms with E-state index < -0.39 is 23.1 Å². The van der Waals surface area contributed by atoms with Crippen molar-refractivity contribution >= 4 is 32.6 Å². The molecular weight excluding hydrogens is 404 g/mol. The van der Waals surface area contributed by atoms with Crippen LogP contribution in [0.3, 0.4) is 0 Å². The normalized spacial score (nSPS) is 11.0. The summed E-state index contributed by atoms with van der Waals surface area (Å²) in [5, 5.41) is 0.438. The van der Waals surface area contributed by atoms with Gasteiger partial charge in [0.05, 0.1) is 10.2 Å². The Kier molecular flexibility index (Phi) is 7.09. The van der Waals surface area contributed by atoms with Crippen LogP contribution in [0.15, 0.2) is 30.3 Å². The molecule has 0 bridgehead atoms. The van der Waals surface area contributed by atoms with Crippen LogP contribution in [0, 0.1) is 25.5 Å². The largest absolute Gasteiger partial charge is 1.00 e. The molecule has 0 spiro atoms. The maximum atomic E-state index is 14.2. The molecule has 3 rings (SSSR count). The molecule has 28 heavy (non-hydrogen) atoms. The highest BCUT2D eigenvalue weighted by Crippen LogP contribution is 2.33. The number of carbonyl (C=O) groups excluding carboxylic acids is 1. The Labute approximate surface area is 173 Å². The van der Waals surface area contributed by atoms with Gasteiger partial charge in [0, 0.05) is 13.1 Å². The average Bonchev–Trinajstić information content (AvgIpc) is 2.98. The number of aromatic nitrogens is 1. The average molecular weight is 425 g/mol. The summed E-state index contributed by atoms with van der Waals surface area (Å²) in [6.07, 6.45) is 0. The Bertz CT molecular complexity index is 986. The molecule has 0 aliphatic rings. The summed E-state index contributed by atoms with van der Waals surface area (Å²) in [7, 11) is 3.75. The van der Waals surface area contributed by atoms with Crippen molar-refractivity contribution in [3.05, 3.63) is 58.7 Å². The Morgan fingerprint density at radius 1 is 1.11 bits per heavy atom. The number of likely N-dealkylation sites (N-methyl/N-ethyl adjacent to an activating group) is 1. The van der Waals surface area contributed by atoms with Gasteiger partial charge < -0.3 is 17.3 Å². The molecule has 4 nitrogen and oxygen atoms in total. The van der Waals surface area contributed by atoms with Crippen LogP contribution < -0.4 is 17.3 Å². The van der Waals surface area contributed by atoms with E-state index in [1.165, 1.54) is 22.3 Å². The third-order valence-electron chi connectivity index (χ3n) is 4.23. The summed E-state index contributed by atoms with van der Waals surface area (Å²) in [5.41, 5.74) is 2.36. The smallest absolute Gasteiger partial charge is 0.266 e. The fourth-order valence-corrected chi connectivity index (χ4v) is 3.94. The number of hydrogen-bond donors (Lipinski definition) is 0. The zero-order chi connectivity index (χ0) is 19.7. The Hall–Kier alpha value is -2.09. The lowest BCUT2D eigenvalue weighted by Crippen LogP contribution is -3.00. The van der Waals surface area contributed by atoms with Crippen LogP contribution >= 0.6 is 11.3 Å². The van der Waals surface area contributed by atoms with Crippen molar-refractivity contribution in [2.24, 2.45) is 0 Å². The lowest BCUT2D eigenvalue weighted by Gasteiger charge is -2.22. The Morgan fingerprint density at radius 3 is 2.36 bits per heavy atom. The number of fused-ring (bicyclic) bond motifs is 1. The highest BCUT2D eigenvalue weighted by molar-refractivity contribution is 7.22. The molecule has 1 aromatic heterocycles. The molecule has 8 heteroatoms. The fraction of sp³-hybridized carbons (Fsp3) is 0.300. The molecule has 3 aromatic rings.